The van der Waals surface area contributed by atoms with E-state index >= 15 is 0 Å². The van der Waals surface area contributed by atoms with Crippen LogP contribution in [0.5, 0.6) is 0 Å². The second-order valence-corrected chi connectivity index (χ2v) is 7.18. The summed E-state index contributed by atoms with van der Waals surface area (Å²) >= 11 is 0. The van der Waals surface area contributed by atoms with E-state index < -0.39 is 0 Å². The molecule has 2 fully saturated rings. The average Bonchev–Trinajstić information content (AvgIpc) is 3.06. The molecule has 1 spiro atoms. The molecule has 0 aromatic heterocycles. The fourth-order valence-corrected chi connectivity index (χ4v) is 4.52. The Balaban J connectivity index is 1.37. The monoisotopic (exact) mass is 286 g/mol. The largest absolute Gasteiger partial charge is 0.398 e. The van der Waals surface area contributed by atoms with Crippen LogP contribution in [-0.4, -0.2) is 23.1 Å². The number of ether oxygens (including phenoxy) is 1. The molecule has 0 bridgehead atoms. The first kappa shape index (κ1) is 13.6. The van der Waals surface area contributed by atoms with Crippen molar-refractivity contribution in [1.82, 2.24) is 4.90 Å². The van der Waals surface area contributed by atoms with Crippen molar-refractivity contribution in [2.45, 2.75) is 69.7 Å². The van der Waals surface area contributed by atoms with Crippen molar-refractivity contribution >= 4 is 5.69 Å². The first-order valence-electron chi connectivity index (χ1n) is 8.51. The minimum absolute atomic E-state index is 0.245. The van der Waals surface area contributed by atoms with Crippen LogP contribution < -0.4 is 5.73 Å². The molecule has 1 aromatic carbocycles. The highest BCUT2D eigenvalue weighted by atomic mass is 16.5. The summed E-state index contributed by atoms with van der Waals surface area (Å²) in [6.07, 6.45) is 9.64. The zero-order chi connectivity index (χ0) is 14.3. The molecule has 1 saturated heterocycles. The Morgan fingerprint density at radius 1 is 1.14 bits per heavy atom. The van der Waals surface area contributed by atoms with E-state index in [-0.39, 0.29) is 5.60 Å². The van der Waals surface area contributed by atoms with Crippen LogP contribution in [0.1, 0.15) is 56.1 Å². The standard InChI is InChI=1S/C18H26N2O/c19-17-6-4-5-14-11-20(13-16(14)17)12-15-7-10-18(21-15)8-2-1-3-9-18/h4-6,15H,1-3,7-13,19H2. The van der Waals surface area contributed by atoms with E-state index in [0.29, 0.717) is 6.10 Å². The van der Waals surface area contributed by atoms with Crippen molar-refractivity contribution < 1.29 is 4.74 Å². The number of nitrogens with zero attached hydrogens (tertiary/aromatic N) is 1. The predicted molar refractivity (Wildman–Crippen MR) is 84.9 cm³/mol. The van der Waals surface area contributed by atoms with Crippen molar-refractivity contribution in [3.8, 4) is 0 Å². The van der Waals surface area contributed by atoms with Gasteiger partial charge in [0.1, 0.15) is 0 Å². The van der Waals surface area contributed by atoms with Gasteiger partial charge >= 0.3 is 0 Å². The number of nitrogens with two attached hydrogens (primary N) is 1. The number of hydrogen-bond donors (Lipinski definition) is 1. The van der Waals surface area contributed by atoms with Gasteiger partial charge in [-0.1, -0.05) is 31.4 Å². The van der Waals surface area contributed by atoms with Crippen LogP contribution in [0, 0.1) is 0 Å². The maximum Gasteiger partial charge on any atom is 0.0710 e. The van der Waals surface area contributed by atoms with E-state index in [1.54, 1.807) is 0 Å². The van der Waals surface area contributed by atoms with Gasteiger partial charge in [-0.25, -0.2) is 0 Å². The Kier molecular flexibility index (Phi) is 3.43. The Labute approximate surface area is 127 Å². The zero-order valence-electron chi connectivity index (χ0n) is 12.8. The van der Waals surface area contributed by atoms with Crippen LogP contribution in [0.15, 0.2) is 18.2 Å². The Morgan fingerprint density at radius 3 is 2.81 bits per heavy atom. The average molecular weight is 286 g/mol. The summed E-state index contributed by atoms with van der Waals surface area (Å²) in [5.41, 5.74) is 10.0. The van der Waals surface area contributed by atoms with Crippen LogP contribution >= 0.6 is 0 Å². The van der Waals surface area contributed by atoms with E-state index in [9.17, 15) is 0 Å². The number of fused-ring (bicyclic) bond motifs is 1. The van der Waals surface area contributed by atoms with Gasteiger partial charge in [0.25, 0.3) is 0 Å². The van der Waals surface area contributed by atoms with E-state index in [0.717, 1.165) is 25.3 Å². The molecule has 3 aliphatic rings. The third-order valence-electron chi connectivity index (χ3n) is 5.65. The molecule has 1 atom stereocenters. The molecule has 1 aromatic rings. The summed E-state index contributed by atoms with van der Waals surface area (Å²) in [5, 5.41) is 0. The van der Waals surface area contributed by atoms with E-state index in [1.165, 1.54) is 56.1 Å². The predicted octanol–water partition coefficient (Wildman–Crippen LogP) is 3.47. The highest BCUT2D eigenvalue weighted by Gasteiger charge is 2.41. The smallest absolute Gasteiger partial charge is 0.0710 e. The highest BCUT2D eigenvalue weighted by Crippen LogP contribution is 2.42. The summed E-state index contributed by atoms with van der Waals surface area (Å²) in [5.74, 6) is 0. The summed E-state index contributed by atoms with van der Waals surface area (Å²) < 4.78 is 6.51. The molecule has 21 heavy (non-hydrogen) atoms. The van der Waals surface area contributed by atoms with Crippen molar-refractivity contribution in [2.24, 2.45) is 0 Å². The SMILES string of the molecule is Nc1cccc2c1CN(CC1CCC3(CCCCC3)O1)C2. The lowest BCUT2D eigenvalue weighted by Gasteiger charge is -2.34. The topological polar surface area (TPSA) is 38.5 Å². The van der Waals surface area contributed by atoms with Gasteiger partial charge in [0.2, 0.25) is 0 Å². The number of rotatable bonds is 2. The van der Waals surface area contributed by atoms with Crippen molar-refractivity contribution in [2.75, 3.05) is 12.3 Å². The summed E-state index contributed by atoms with van der Waals surface area (Å²) in [7, 11) is 0. The van der Waals surface area contributed by atoms with Crippen LogP contribution in [0.25, 0.3) is 0 Å². The molecule has 2 aliphatic heterocycles. The lowest BCUT2D eigenvalue weighted by molar-refractivity contribution is -0.0722. The number of nitrogen functional groups attached to an aromatic ring is 1. The van der Waals surface area contributed by atoms with Gasteiger partial charge in [-0.15, -0.1) is 0 Å². The van der Waals surface area contributed by atoms with E-state index in [2.05, 4.69) is 17.0 Å². The van der Waals surface area contributed by atoms with Gasteiger partial charge in [0, 0.05) is 25.3 Å². The molecule has 1 aliphatic carbocycles. The Morgan fingerprint density at radius 2 is 2.00 bits per heavy atom. The van der Waals surface area contributed by atoms with Gasteiger partial charge < -0.3 is 10.5 Å². The molecule has 114 valence electrons. The minimum atomic E-state index is 0.245. The lowest BCUT2D eigenvalue weighted by Crippen LogP contribution is -2.35. The van der Waals surface area contributed by atoms with Crippen LogP contribution in [0.3, 0.4) is 0 Å². The fraction of sp³-hybridized carbons (Fsp3) is 0.667. The molecule has 3 nitrogen and oxygen atoms in total. The maximum absolute atomic E-state index is 6.51. The first-order valence-corrected chi connectivity index (χ1v) is 8.51. The molecule has 1 unspecified atom stereocenters. The number of anilines is 1. The second-order valence-electron chi connectivity index (χ2n) is 7.18. The van der Waals surface area contributed by atoms with Gasteiger partial charge in [-0.2, -0.15) is 0 Å². The third-order valence-corrected chi connectivity index (χ3v) is 5.65. The normalized spacial score (nSPS) is 28.1. The quantitative estimate of drug-likeness (QED) is 0.846. The van der Waals surface area contributed by atoms with Gasteiger partial charge in [-0.05, 0) is 42.9 Å². The lowest BCUT2D eigenvalue weighted by atomic mass is 9.83. The van der Waals surface area contributed by atoms with Crippen LogP contribution in [0.2, 0.25) is 0 Å². The number of hydrogen-bond acceptors (Lipinski definition) is 3. The molecular weight excluding hydrogens is 260 g/mol. The van der Waals surface area contributed by atoms with E-state index in [4.69, 9.17) is 10.5 Å². The highest BCUT2D eigenvalue weighted by molar-refractivity contribution is 5.52. The second kappa shape index (κ2) is 5.29. The van der Waals surface area contributed by atoms with Crippen LogP contribution in [0.4, 0.5) is 5.69 Å². The van der Waals surface area contributed by atoms with Crippen molar-refractivity contribution in [3.63, 3.8) is 0 Å². The molecule has 0 amide bonds. The molecule has 1 saturated carbocycles. The van der Waals surface area contributed by atoms with Gasteiger partial charge in [-0.3, -0.25) is 4.90 Å². The summed E-state index contributed by atoms with van der Waals surface area (Å²) in [6.45, 7) is 3.10. The van der Waals surface area contributed by atoms with Gasteiger partial charge in [0.05, 0.1) is 11.7 Å². The maximum atomic E-state index is 6.51. The zero-order valence-corrected chi connectivity index (χ0v) is 12.8. The molecule has 2 heterocycles. The molecule has 2 N–H and O–H groups in total. The van der Waals surface area contributed by atoms with Crippen molar-refractivity contribution in [3.05, 3.63) is 29.3 Å². The minimum Gasteiger partial charge on any atom is -0.398 e. The van der Waals surface area contributed by atoms with Crippen LogP contribution in [-0.2, 0) is 17.8 Å². The third kappa shape index (κ3) is 2.58. The Bertz CT molecular complexity index is 522. The Hall–Kier alpha value is -1.06. The number of benzene rings is 1. The fourth-order valence-electron chi connectivity index (χ4n) is 4.52. The molecule has 3 heteroatoms. The molecule has 4 rings (SSSR count). The first-order chi connectivity index (χ1) is 10.2. The summed E-state index contributed by atoms with van der Waals surface area (Å²) in [6, 6.07) is 6.30. The molecule has 0 radical (unpaired) electrons. The molecular formula is C18H26N2O. The summed E-state index contributed by atoms with van der Waals surface area (Å²) in [4.78, 5) is 2.51. The van der Waals surface area contributed by atoms with E-state index in [1.807, 2.05) is 6.07 Å². The van der Waals surface area contributed by atoms with Crippen molar-refractivity contribution in [1.29, 1.82) is 0 Å². The van der Waals surface area contributed by atoms with Gasteiger partial charge in [0.15, 0.2) is 0 Å².